The molecule has 0 spiro atoms. The zero-order valence-electron chi connectivity index (χ0n) is 24.7. The monoisotopic (exact) mass is 586 g/mol. The van der Waals surface area contributed by atoms with E-state index in [9.17, 15) is 20.1 Å². The molecule has 1 aliphatic rings. The van der Waals surface area contributed by atoms with Crippen LogP contribution >= 0.6 is 0 Å². The Morgan fingerprint density at radius 2 is 1.37 bits per heavy atom. The van der Waals surface area contributed by atoms with Gasteiger partial charge < -0.3 is 34.8 Å². The van der Waals surface area contributed by atoms with Crippen molar-refractivity contribution in [2.24, 2.45) is 11.8 Å². The molecule has 5 rings (SSSR count). The number of carbonyl (C=O) groups is 1. The first-order valence-electron chi connectivity index (χ1n) is 15.2. The molecule has 0 amide bonds. The maximum absolute atomic E-state index is 13.8. The van der Waals surface area contributed by atoms with Crippen LogP contribution in [-0.2, 0) is 30.5 Å². The van der Waals surface area contributed by atoms with Crippen LogP contribution in [0.4, 0.5) is 0 Å². The number of H-pyrrole nitrogens is 2. The number of aromatic amines is 2. The van der Waals surface area contributed by atoms with Crippen molar-refractivity contribution in [2.75, 3.05) is 7.11 Å². The molecule has 1 aliphatic carbocycles. The van der Waals surface area contributed by atoms with E-state index in [1.54, 1.807) is 24.3 Å². The minimum atomic E-state index is -0.876. The second kappa shape index (κ2) is 14.3. The zero-order chi connectivity index (χ0) is 30.2. The van der Waals surface area contributed by atoms with Gasteiger partial charge in [0.25, 0.3) is 0 Å². The summed E-state index contributed by atoms with van der Waals surface area (Å²) in [6.45, 7) is 0. The number of rotatable bonds is 15. The van der Waals surface area contributed by atoms with Crippen molar-refractivity contribution >= 4 is 5.78 Å². The van der Waals surface area contributed by atoms with E-state index in [0.717, 1.165) is 47.9 Å². The smallest absolute Gasteiger partial charge is 0.161 e. The van der Waals surface area contributed by atoms with Crippen LogP contribution in [0, 0.1) is 11.8 Å². The fourth-order valence-electron chi connectivity index (χ4n) is 6.14. The largest absolute Gasteiger partial charge is 0.504 e. The summed E-state index contributed by atoms with van der Waals surface area (Å²) in [6.07, 6.45) is 13.1. The van der Waals surface area contributed by atoms with Gasteiger partial charge in [-0.2, -0.15) is 0 Å². The second-order valence-electron chi connectivity index (χ2n) is 11.8. The molecule has 0 saturated heterocycles. The first-order chi connectivity index (χ1) is 20.9. The van der Waals surface area contributed by atoms with Gasteiger partial charge in [0.1, 0.15) is 5.78 Å². The molecule has 228 valence electrons. The van der Waals surface area contributed by atoms with E-state index in [1.165, 1.54) is 7.11 Å². The number of aliphatic hydroxyl groups excluding tert-OH is 1. The Kier molecular flexibility index (Phi) is 10.1. The fraction of sp³-hybridized carbons (Fsp3) is 0.400. The number of ether oxygens (including phenoxy) is 2. The highest BCUT2D eigenvalue weighted by Crippen LogP contribution is 2.34. The van der Waals surface area contributed by atoms with E-state index >= 15 is 0 Å². The number of benzene rings is 2. The predicted molar refractivity (Wildman–Crippen MR) is 165 cm³/mol. The lowest BCUT2D eigenvalue weighted by atomic mass is 9.82. The molecule has 1 saturated carbocycles. The highest BCUT2D eigenvalue weighted by Gasteiger charge is 2.28. The molecule has 2 aromatic carbocycles. The first-order valence-corrected chi connectivity index (χ1v) is 15.2. The molecule has 1 fully saturated rings. The summed E-state index contributed by atoms with van der Waals surface area (Å²) in [5.74, 6) is 0.392. The van der Waals surface area contributed by atoms with Gasteiger partial charge in [0.15, 0.2) is 23.0 Å². The van der Waals surface area contributed by atoms with E-state index in [0.29, 0.717) is 37.2 Å². The van der Waals surface area contributed by atoms with Gasteiger partial charge in [-0.25, -0.2) is 0 Å². The summed E-state index contributed by atoms with van der Waals surface area (Å²) >= 11 is 0. The number of carbonyl (C=O) groups excluding carboxylic acids is 1. The fourth-order valence-corrected chi connectivity index (χ4v) is 6.14. The molecule has 5 N–H and O–H groups in total. The normalized spacial score (nSPS) is 15.7. The summed E-state index contributed by atoms with van der Waals surface area (Å²) in [5, 5.41) is 32.1. The van der Waals surface area contributed by atoms with Crippen LogP contribution in [0.15, 0.2) is 73.3 Å². The Morgan fingerprint density at radius 3 is 2.00 bits per heavy atom. The summed E-state index contributed by atoms with van der Waals surface area (Å²) in [4.78, 5) is 20.0. The minimum Gasteiger partial charge on any atom is -0.504 e. The Hall–Kier alpha value is -4.17. The lowest BCUT2D eigenvalue weighted by Gasteiger charge is -2.25. The molecule has 0 unspecified atom stereocenters. The van der Waals surface area contributed by atoms with Crippen LogP contribution in [0.25, 0.3) is 0 Å². The maximum atomic E-state index is 13.8. The number of aromatic hydroxyl groups is 2. The van der Waals surface area contributed by atoms with Crippen LogP contribution in [0.5, 0.6) is 23.0 Å². The summed E-state index contributed by atoms with van der Waals surface area (Å²) in [5.41, 5.74) is 3.89. The number of aromatic nitrogens is 2. The highest BCUT2D eigenvalue weighted by atomic mass is 16.5. The summed E-state index contributed by atoms with van der Waals surface area (Å²) in [6, 6.07) is 14.5. The molecular weight excluding hydrogens is 544 g/mol. The van der Waals surface area contributed by atoms with Crippen molar-refractivity contribution in [3.8, 4) is 23.0 Å². The van der Waals surface area contributed by atoms with E-state index in [-0.39, 0.29) is 41.6 Å². The number of methoxy groups -OCH3 is 1. The maximum Gasteiger partial charge on any atom is 0.161 e. The lowest BCUT2D eigenvalue weighted by Crippen LogP contribution is -2.31. The molecule has 2 aromatic heterocycles. The number of nitrogens with one attached hydrogen (secondary N) is 2. The van der Waals surface area contributed by atoms with Gasteiger partial charge >= 0.3 is 0 Å². The standard InChI is InChI=1S/C35H42N2O6/c1-42-34-18-23(6-8-30(34)38)14-27(16-25-10-12-36-21-25)32(40)20-33(41)28(17-26-11-13-37-22-26)15-24-7-9-31(39)35(19-24)43-29-4-2-3-5-29/h6-13,18-19,21-22,27-29,33,36-39,41H,2-5,14-17,20H2,1H3/t27-,28-,33+/m0/s1. The molecule has 4 aromatic rings. The van der Waals surface area contributed by atoms with E-state index in [1.807, 2.05) is 49.1 Å². The highest BCUT2D eigenvalue weighted by molar-refractivity contribution is 5.82. The van der Waals surface area contributed by atoms with Crippen molar-refractivity contribution in [2.45, 2.75) is 70.0 Å². The molecule has 8 nitrogen and oxygen atoms in total. The van der Waals surface area contributed by atoms with E-state index in [2.05, 4.69) is 9.97 Å². The van der Waals surface area contributed by atoms with Crippen LogP contribution in [0.3, 0.4) is 0 Å². The van der Waals surface area contributed by atoms with Gasteiger partial charge in [0.05, 0.1) is 19.3 Å². The van der Waals surface area contributed by atoms with Gasteiger partial charge in [-0.3, -0.25) is 4.79 Å². The molecule has 0 radical (unpaired) electrons. The van der Waals surface area contributed by atoms with Gasteiger partial charge in [0.2, 0.25) is 0 Å². The van der Waals surface area contributed by atoms with Crippen molar-refractivity contribution < 1.29 is 29.6 Å². The molecule has 0 aliphatic heterocycles. The molecular formula is C35H42N2O6. The molecule has 0 bridgehead atoms. The van der Waals surface area contributed by atoms with Crippen molar-refractivity contribution in [1.29, 1.82) is 0 Å². The van der Waals surface area contributed by atoms with Crippen LogP contribution in [0.2, 0.25) is 0 Å². The van der Waals surface area contributed by atoms with Gasteiger partial charge in [-0.05, 0) is 116 Å². The number of Topliss-reactive ketones (excluding diaryl/α,β-unsaturated/α-hetero) is 1. The van der Waals surface area contributed by atoms with Crippen LogP contribution in [-0.4, -0.2) is 50.4 Å². The second-order valence-corrected chi connectivity index (χ2v) is 11.8. The third kappa shape index (κ3) is 8.23. The Morgan fingerprint density at radius 1 is 0.814 bits per heavy atom. The Bertz CT molecular complexity index is 1440. The minimum absolute atomic E-state index is 0.0168. The van der Waals surface area contributed by atoms with Crippen molar-refractivity contribution in [3.05, 3.63) is 95.6 Å². The lowest BCUT2D eigenvalue weighted by molar-refractivity contribution is -0.125. The van der Waals surface area contributed by atoms with Crippen LogP contribution in [0.1, 0.15) is 54.4 Å². The number of ketones is 1. The summed E-state index contributed by atoms with van der Waals surface area (Å²) < 4.78 is 11.4. The quantitative estimate of drug-likeness (QED) is 0.118. The summed E-state index contributed by atoms with van der Waals surface area (Å²) in [7, 11) is 1.50. The number of phenols is 2. The van der Waals surface area contributed by atoms with Crippen LogP contribution < -0.4 is 9.47 Å². The van der Waals surface area contributed by atoms with E-state index < -0.39 is 6.10 Å². The molecule has 2 heterocycles. The average Bonchev–Trinajstić information content (AvgIpc) is 3.80. The number of hydrogen-bond acceptors (Lipinski definition) is 6. The Balaban J connectivity index is 1.33. The van der Waals surface area contributed by atoms with Gasteiger partial charge in [0, 0.05) is 37.1 Å². The predicted octanol–water partition coefficient (Wildman–Crippen LogP) is 5.91. The molecule has 8 heteroatoms. The first kappa shape index (κ1) is 30.3. The topological polar surface area (TPSA) is 128 Å². The van der Waals surface area contributed by atoms with Crippen molar-refractivity contribution in [1.82, 2.24) is 9.97 Å². The SMILES string of the molecule is COc1cc(C[C@@H](Cc2cc[nH]c2)C(=O)C[C@@H](O)[C@H](Cc2cc[nH]c2)Cc2ccc(O)c(OC3CCCC3)c2)ccc1O. The number of hydrogen-bond donors (Lipinski definition) is 5. The van der Waals surface area contributed by atoms with Gasteiger partial charge in [-0.1, -0.05) is 12.1 Å². The molecule has 43 heavy (non-hydrogen) atoms. The zero-order valence-corrected chi connectivity index (χ0v) is 24.7. The Labute approximate surface area is 252 Å². The number of phenolic OH excluding ortho intramolecular Hbond substituents is 2. The number of aliphatic hydroxyl groups is 1. The average molecular weight is 587 g/mol. The van der Waals surface area contributed by atoms with Gasteiger partial charge in [-0.15, -0.1) is 0 Å². The van der Waals surface area contributed by atoms with E-state index in [4.69, 9.17) is 9.47 Å². The molecule has 3 atom stereocenters. The third-order valence-corrected chi connectivity index (χ3v) is 8.56. The van der Waals surface area contributed by atoms with Crippen molar-refractivity contribution in [3.63, 3.8) is 0 Å². The third-order valence-electron chi connectivity index (χ3n) is 8.56.